The zero-order valence-corrected chi connectivity index (χ0v) is 15.0. The lowest BCUT2D eigenvalue weighted by atomic mass is 9.97. The molecule has 9 nitrogen and oxygen atoms in total. The van der Waals surface area contributed by atoms with Gasteiger partial charge >= 0.3 is 5.97 Å². The van der Waals surface area contributed by atoms with Crippen LogP contribution in [0.2, 0.25) is 0 Å². The Bertz CT molecular complexity index is 828. The number of carbonyl (C=O) groups is 3. The summed E-state index contributed by atoms with van der Waals surface area (Å²) in [7, 11) is 1.55. The van der Waals surface area contributed by atoms with Crippen molar-refractivity contribution in [2.24, 2.45) is 5.92 Å². The zero-order chi connectivity index (χ0) is 19.4. The van der Waals surface area contributed by atoms with Crippen molar-refractivity contribution in [2.75, 3.05) is 26.7 Å². The van der Waals surface area contributed by atoms with E-state index in [1.807, 2.05) is 0 Å². The number of likely N-dealkylation sites (tertiary alicyclic amines) is 1. The summed E-state index contributed by atoms with van der Waals surface area (Å²) in [6.45, 7) is 0.708. The number of aliphatic carboxylic acids is 1. The number of carboxylic acid groups (broad SMARTS) is 1. The number of piperidine rings is 1. The fraction of sp³-hybridized carbons (Fsp3) is 0.389. The van der Waals surface area contributed by atoms with E-state index in [9.17, 15) is 14.4 Å². The molecule has 2 aromatic heterocycles. The summed E-state index contributed by atoms with van der Waals surface area (Å²) >= 11 is 0. The van der Waals surface area contributed by atoms with Gasteiger partial charge in [0.05, 0.1) is 12.5 Å². The molecule has 0 radical (unpaired) electrons. The highest BCUT2D eigenvalue weighted by atomic mass is 16.4. The molecule has 0 bridgehead atoms. The number of nitrogens with zero attached hydrogens (tertiary/aromatic N) is 5. The molecule has 0 saturated carbocycles. The van der Waals surface area contributed by atoms with Gasteiger partial charge in [0.1, 0.15) is 5.69 Å². The molecule has 142 valence electrons. The molecular formula is C18H21N5O4. The monoisotopic (exact) mass is 371 g/mol. The third-order valence-corrected chi connectivity index (χ3v) is 4.61. The summed E-state index contributed by atoms with van der Waals surface area (Å²) in [6, 6.07) is 6.80. The van der Waals surface area contributed by atoms with Crippen LogP contribution in [0.15, 0.2) is 36.7 Å². The van der Waals surface area contributed by atoms with Crippen LogP contribution < -0.4 is 0 Å². The van der Waals surface area contributed by atoms with Gasteiger partial charge in [-0.15, -0.1) is 0 Å². The minimum atomic E-state index is -0.822. The molecule has 27 heavy (non-hydrogen) atoms. The Balaban J connectivity index is 1.60. The SMILES string of the molecule is CN(CC(=O)N1CCC(C(=O)O)CC1)C(=O)c1cccc(-n2cccn2)n1. The average molecular weight is 371 g/mol. The van der Waals surface area contributed by atoms with Crippen LogP contribution in [0.3, 0.4) is 0 Å². The summed E-state index contributed by atoms with van der Waals surface area (Å²) in [5, 5.41) is 13.1. The maximum absolute atomic E-state index is 12.6. The molecule has 2 amide bonds. The maximum atomic E-state index is 12.6. The quantitative estimate of drug-likeness (QED) is 0.827. The second-order valence-corrected chi connectivity index (χ2v) is 6.49. The number of hydrogen-bond acceptors (Lipinski definition) is 5. The van der Waals surface area contributed by atoms with Crippen molar-refractivity contribution in [3.63, 3.8) is 0 Å². The minimum absolute atomic E-state index is 0.0791. The first-order valence-electron chi connectivity index (χ1n) is 8.69. The summed E-state index contributed by atoms with van der Waals surface area (Å²) in [5.74, 6) is -1.27. The van der Waals surface area contributed by atoms with Crippen LogP contribution in [-0.2, 0) is 9.59 Å². The number of hydrogen-bond donors (Lipinski definition) is 1. The second kappa shape index (κ2) is 7.98. The Morgan fingerprint density at radius 1 is 1.22 bits per heavy atom. The highest BCUT2D eigenvalue weighted by molar-refractivity contribution is 5.95. The fourth-order valence-corrected chi connectivity index (χ4v) is 3.02. The first-order chi connectivity index (χ1) is 13.0. The van der Waals surface area contributed by atoms with Crippen LogP contribution in [-0.4, -0.2) is 74.1 Å². The van der Waals surface area contributed by atoms with Crippen molar-refractivity contribution in [3.05, 3.63) is 42.4 Å². The molecule has 0 atom stereocenters. The maximum Gasteiger partial charge on any atom is 0.306 e. The molecule has 2 aromatic rings. The van der Waals surface area contributed by atoms with Crippen LogP contribution in [0, 0.1) is 5.92 Å². The molecule has 1 aliphatic heterocycles. The summed E-state index contributed by atoms with van der Waals surface area (Å²) in [5.41, 5.74) is 0.225. The van der Waals surface area contributed by atoms with E-state index >= 15 is 0 Å². The van der Waals surface area contributed by atoms with Gasteiger partial charge in [0.25, 0.3) is 5.91 Å². The molecule has 0 unspecified atom stereocenters. The van der Waals surface area contributed by atoms with Crippen molar-refractivity contribution in [2.45, 2.75) is 12.8 Å². The first-order valence-corrected chi connectivity index (χ1v) is 8.69. The second-order valence-electron chi connectivity index (χ2n) is 6.49. The zero-order valence-electron chi connectivity index (χ0n) is 15.0. The third kappa shape index (κ3) is 4.30. The van der Waals surface area contributed by atoms with Gasteiger partial charge in [-0.05, 0) is 31.0 Å². The van der Waals surface area contributed by atoms with Gasteiger partial charge in [-0.2, -0.15) is 5.10 Å². The molecule has 0 aromatic carbocycles. The van der Waals surface area contributed by atoms with E-state index in [0.717, 1.165) is 0 Å². The number of amides is 2. The van der Waals surface area contributed by atoms with E-state index in [1.54, 1.807) is 53.3 Å². The van der Waals surface area contributed by atoms with E-state index in [2.05, 4.69) is 10.1 Å². The first kappa shape index (κ1) is 18.6. The topological polar surface area (TPSA) is 109 Å². The summed E-state index contributed by atoms with van der Waals surface area (Å²) < 4.78 is 1.55. The molecule has 3 heterocycles. The van der Waals surface area contributed by atoms with Gasteiger partial charge in [0, 0.05) is 32.5 Å². The largest absolute Gasteiger partial charge is 0.481 e. The van der Waals surface area contributed by atoms with Gasteiger partial charge in [-0.3, -0.25) is 14.4 Å². The standard InChI is InChI=1S/C18H21N5O4/c1-21(12-16(24)22-10-6-13(7-11-22)18(26)27)17(25)14-4-2-5-15(20-14)23-9-3-8-19-23/h2-5,8-9,13H,6-7,10-12H2,1H3,(H,26,27). The number of aromatic nitrogens is 3. The molecule has 0 spiro atoms. The Hall–Kier alpha value is -3.23. The minimum Gasteiger partial charge on any atom is -0.481 e. The predicted molar refractivity (Wildman–Crippen MR) is 95.3 cm³/mol. The predicted octanol–water partition coefficient (Wildman–Crippen LogP) is 0.662. The number of carboxylic acids is 1. The van der Waals surface area contributed by atoms with E-state index in [1.165, 1.54) is 4.90 Å². The number of likely N-dealkylation sites (N-methyl/N-ethyl adjacent to an activating group) is 1. The Labute approximate surface area is 156 Å². The average Bonchev–Trinajstić information content (AvgIpc) is 3.22. The van der Waals surface area contributed by atoms with Crippen molar-refractivity contribution in [1.29, 1.82) is 0 Å². The van der Waals surface area contributed by atoms with E-state index in [4.69, 9.17) is 5.11 Å². The van der Waals surface area contributed by atoms with Crippen molar-refractivity contribution in [1.82, 2.24) is 24.6 Å². The van der Waals surface area contributed by atoms with Crippen LogP contribution in [0.5, 0.6) is 0 Å². The van der Waals surface area contributed by atoms with Crippen LogP contribution in [0.25, 0.3) is 5.82 Å². The molecule has 9 heteroatoms. The van der Waals surface area contributed by atoms with Gasteiger partial charge < -0.3 is 14.9 Å². The van der Waals surface area contributed by atoms with Crippen LogP contribution in [0.4, 0.5) is 0 Å². The fourth-order valence-electron chi connectivity index (χ4n) is 3.02. The van der Waals surface area contributed by atoms with Gasteiger partial charge in [-0.25, -0.2) is 9.67 Å². The Morgan fingerprint density at radius 3 is 2.59 bits per heavy atom. The highest BCUT2D eigenvalue weighted by Crippen LogP contribution is 2.17. The molecule has 1 N–H and O–H groups in total. The lowest BCUT2D eigenvalue weighted by Crippen LogP contribution is -2.45. The molecule has 1 fully saturated rings. The normalized spacial score (nSPS) is 14.8. The molecule has 3 rings (SSSR count). The third-order valence-electron chi connectivity index (χ3n) is 4.61. The van der Waals surface area contributed by atoms with E-state index in [-0.39, 0.29) is 24.1 Å². The number of rotatable bonds is 5. The summed E-state index contributed by atoms with van der Waals surface area (Å²) in [4.78, 5) is 43.3. The molecule has 0 aliphatic carbocycles. The molecular weight excluding hydrogens is 350 g/mol. The van der Waals surface area contributed by atoms with E-state index in [0.29, 0.717) is 31.7 Å². The van der Waals surface area contributed by atoms with Gasteiger partial charge in [0.2, 0.25) is 5.91 Å². The van der Waals surface area contributed by atoms with Crippen molar-refractivity contribution in [3.8, 4) is 5.82 Å². The Kier molecular flexibility index (Phi) is 5.49. The molecule has 1 aliphatic rings. The van der Waals surface area contributed by atoms with E-state index < -0.39 is 11.9 Å². The highest BCUT2D eigenvalue weighted by Gasteiger charge is 2.28. The Morgan fingerprint density at radius 2 is 1.96 bits per heavy atom. The van der Waals surface area contributed by atoms with Gasteiger partial charge in [-0.1, -0.05) is 6.07 Å². The van der Waals surface area contributed by atoms with Crippen molar-refractivity contribution >= 4 is 17.8 Å². The van der Waals surface area contributed by atoms with Crippen LogP contribution >= 0.6 is 0 Å². The lowest BCUT2D eigenvalue weighted by molar-refractivity contribution is -0.145. The summed E-state index contributed by atoms with van der Waals surface area (Å²) in [6.07, 6.45) is 4.22. The van der Waals surface area contributed by atoms with Crippen molar-refractivity contribution < 1.29 is 19.5 Å². The van der Waals surface area contributed by atoms with Gasteiger partial charge in [0.15, 0.2) is 5.82 Å². The van der Waals surface area contributed by atoms with Crippen LogP contribution in [0.1, 0.15) is 23.3 Å². The number of pyridine rings is 1. The number of carbonyl (C=O) groups excluding carboxylic acids is 2. The smallest absolute Gasteiger partial charge is 0.306 e. The molecule has 1 saturated heterocycles. The lowest BCUT2D eigenvalue weighted by Gasteiger charge is -2.31.